The Morgan fingerprint density at radius 3 is 2.61 bits per heavy atom. The minimum Gasteiger partial charge on any atom is -0.305 e. The molecule has 1 heterocycles. The van der Waals surface area contributed by atoms with Crippen LogP contribution in [0, 0.1) is 0 Å². The van der Waals surface area contributed by atoms with Crippen LogP contribution in [0.3, 0.4) is 0 Å². The van der Waals surface area contributed by atoms with E-state index < -0.39 is 9.84 Å². The number of sulfone groups is 1. The summed E-state index contributed by atoms with van der Waals surface area (Å²) in [5.74, 6) is -0.219. The molecule has 2 aromatic rings. The normalized spacial score (nSPS) is 17.2. The number of para-hydroxylation sites is 1. The van der Waals surface area contributed by atoms with Gasteiger partial charge in [-0.1, -0.05) is 29.8 Å². The van der Waals surface area contributed by atoms with Crippen LogP contribution >= 0.6 is 11.6 Å². The van der Waals surface area contributed by atoms with Gasteiger partial charge in [0.25, 0.3) is 5.91 Å². The van der Waals surface area contributed by atoms with Crippen LogP contribution in [0.15, 0.2) is 47.4 Å². The maximum Gasteiger partial charge on any atom is 0.258 e. The van der Waals surface area contributed by atoms with Crippen LogP contribution in [0.2, 0.25) is 5.02 Å². The van der Waals surface area contributed by atoms with Crippen molar-refractivity contribution < 1.29 is 13.2 Å². The Labute approximate surface area is 140 Å². The molecule has 4 nitrogen and oxygen atoms in total. The second-order valence-electron chi connectivity index (χ2n) is 5.77. The van der Waals surface area contributed by atoms with Gasteiger partial charge in [-0.2, -0.15) is 0 Å². The standard InChI is InChI=1S/C17H16ClNO3S/c1-11-9-12-5-3-4-6-15(12)19(11)17(20)13-7-8-14(18)16(10-13)23(2,21)22/h3-8,10-11H,9H2,1-2H3. The van der Waals surface area contributed by atoms with E-state index in [4.69, 9.17) is 11.6 Å². The van der Waals surface area contributed by atoms with Crippen molar-refractivity contribution in [2.45, 2.75) is 24.3 Å². The van der Waals surface area contributed by atoms with Crippen molar-refractivity contribution in [3.8, 4) is 0 Å². The predicted octanol–water partition coefficient (Wildman–Crippen LogP) is 3.33. The van der Waals surface area contributed by atoms with Crippen molar-refractivity contribution >= 4 is 33.0 Å². The lowest BCUT2D eigenvalue weighted by Gasteiger charge is -2.23. The van der Waals surface area contributed by atoms with Crippen LogP contribution in [0.5, 0.6) is 0 Å². The van der Waals surface area contributed by atoms with Gasteiger partial charge in [0.1, 0.15) is 0 Å². The number of amides is 1. The van der Waals surface area contributed by atoms with Gasteiger partial charge in [0, 0.05) is 23.5 Å². The SMILES string of the molecule is CC1Cc2ccccc2N1C(=O)c1ccc(Cl)c(S(C)(=O)=O)c1. The van der Waals surface area contributed by atoms with E-state index in [0.29, 0.717) is 5.56 Å². The minimum absolute atomic E-state index is 0.0230. The number of hydrogen-bond donors (Lipinski definition) is 0. The zero-order chi connectivity index (χ0) is 16.8. The van der Waals surface area contributed by atoms with Crippen molar-refractivity contribution in [1.82, 2.24) is 0 Å². The predicted molar refractivity (Wildman–Crippen MR) is 91.0 cm³/mol. The Hall–Kier alpha value is -1.85. The highest BCUT2D eigenvalue weighted by Crippen LogP contribution is 2.33. The molecule has 1 unspecified atom stereocenters. The molecule has 3 rings (SSSR count). The first-order valence-electron chi connectivity index (χ1n) is 7.20. The van der Waals surface area contributed by atoms with Crippen molar-refractivity contribution in [3.63, 3.8) is 0 Å². The molecule has 0 saturated carbocycles. The van der Waals surface area contributed by atoms with Crippen LogP contribution in [-0.2, 0) is 16.3 Å². The molecule has 6 heteroatoms. The van der Waals surface area contributed by atoms with Crippen LogP contribution in [0.25, 0.3) is 0 Å². The fourth-order valence-electron chi connectivity index (χ4n) is 2.93. The van der Waals surface area contributed by atoms with Crippen molar-refractivity contribution in [2.75, 3.05) is 11.2 Å². The lowest BCUT2D eigenvalue weighted by Crippen LogP contribution is -2.35. The minimum atomic E-state index is -3.49. The second kappa shape index (κ2) is 5.65. The lowest BCUT2D eigenvalue weighted by atomic mass is 10.1. The van der Waals surface area contributed by atoms with Crippen molar-refractivity contribution in [1.29, 1.82) is 0 Å². The van der Waals surface area contributed by atoms with Crippen LogP contribution in [0.4, 0.5) is 5.69 Å². The maximum absolute atomic E-state index is 12.9. The molecule has 0 spiro atoms. The molecule has 0 bridgehead atoms. The van der Waals surface area contributed by atoms with Crippen molar-refractivity contribution in [2.24, 2.45) is 0 Å². The van der Waals surface area contributed by atoms with E-state index in [1.165, 1.54) is 12.1 Å². The van der Waals surface area contributed by atoms with Gasteiger partial charge in [-0.25, -0.2) is 8.42 Å². The Kier molecular flexibility index (Phi) is 3.94. The van der Waals surface area contributed by atoms with E-state index in [2.05, 4.69) is 0 Å². The van der Waals surface area contributed by atoms with E-state index >= 15 is 0 Å². The zero-order valence-corrected chi connectivity index (χ0v) is 14.4. The quantitative estimate of drug-likeness (QED) is 0.835. The largest absolute Gasteiger partial charge is 0.305 e. The lowest BCUT2D eigenvalue weighted by molar-refractivity contribution is 0.0981. The van der Waals surface area contributed by atoms with Crippen LogP contribution < -0.4 is 4.90 Å². The molecule has 1 amide bonds. The van der Waals surface area contributed by atoms with Gasteiger partial charge in [-0.05, 0) is 43.2 Å². The van der Waals surface area contributed by atoms with E-state index in [-0.39, 0.29) is 21.9 Å². The smallest absolute Gasteiger partial charge is 0.258 e. The van der Waals surface area contributed by atoms with E-state index in [1.807, 2.05) is 31.2 Å². The first kappa shape index (κ1) is 16.0. The molecule has 0 saturated heterocycles. The fourth-order valence-corrected chi connectivity index (χ4v) is 4.24. The van der Waals surface area contributed by atoms with E-state index in [0.717, 1.165) is 23.9 Å². The molecular weight excluding hydrogens is 334 g/mol. The van der Waals surface area contributed by atoms with Gasteiger partial charge in [0.15, 0.2) is 9.84 Å². The first-order chi connectivity index (χ1) is 10.8. The molecule has 1 aliphatic heterocycles. The molecule has 23 heavy (non-hydrogen) atoms. The van der Waals surface area contributed by atoms with Crippen molar-refractivity contribution in [3.05, 3.63) is 58.6 Å². The Morgan fingerprint density at radius 2 is 1.91 bits per heavy atom. The number of halogens is 1. The molecule has 0 radical (unpaired) electrons. The number of carbonyl (C=O) groups is 1. The molecule has 120 valence electrons. The number of fused-ring (bicyclic) bond motifs is 1. The highest BCUT2D eigenvalue weighted by molar-refractivity contribution is 7.90. The second-order valence-corrected chi connectivity index (χ2v) is 8.17. The summed E-state index contributed by atoms with van der Waals surface area (Å²) in [6.45, 7) is 1.98. The Balaban J connectivity index is 2.05. The number of rotatable bonds is 2. The van der Waals surface area contributed by atoms with E-state index in [1.54, 1.807) is 11.0 Å². The summed E-state index contributed by atoms with van der Waals surface area (Å²) in [5.41, 5.74) is 2.31. The molecule has 0 aromatic heterocycles. The van der Waals surface area contributed by atoms with Gasteiger partial charge in [0.2, 0.25) is 0 Å². The summed E-state index contributed by atoms with van der Waals surface area (Å²) in [5, 5.41) is 0.124. The van der Waals surface area contributed by atoms with Crippen LogP contribution in [0.1, 0.15) is 22.8 Å². The summed E-state index contributed by atoms with van der Waals surface area (Å²) in [4.78, 5) is 14.6. The number of nitrogens with zero attached hydrogens (tertiary/aromatic N) is 1. The first-order valence-corrected chi connectivity index (χ1v) is 9.47. The molecule has 1 atom stereocenters. The fraction of sp³-hybridized carbons (Fsp3) is 0.235. The number of hydrogen-bond acceptors (Lipinski definition) is 3. The Morgan fingerprint density at radius 1 is 1.22 bits per heavy atom. The Bertz CT molecular complexity index is 892. The number of benzene rings is 2. The molecule has 0 fully saturated rings. The summed E-state index contributed by atoms with van der Waals surface area (Å²) >= 11 is 5.95. The maximum atomic E-state index is 12.9. The summed E-state index contributed by atoms with van der Waals surface area (Å²) in [7, 11) is -3.49. The zero-order valence-electron chi connectivity index (χ0n) is 12.8. The number of anilines is 1. The third-order valence-corrected chi connectivity index (χ3v) is 5.58. The van der Waals surface area contributed by atoms with Gasteiger partial charge >= 0.3 is 0 Å². The topological polar surface area (TPSA) is 54.5 Å². The van der Waals surface area contributed by atoms with Gasteiger partial charge in [-0.15, -0.1) is 0 Å². The summed E-state index contributed by atoms with van der Waals surface area (Å²) in [6.07, 6.45) is 1.87. The highest BCUT2D eigenvalue weighted by atomic mass is 35.5. The molecular formula is C17H16ClNO3S. The average molecular weight is 350 g/mol. The van der Waals surface area contributed by atoms with Gasteiger partial charge in [-0.3, -0.25) is 4.79 Å². The van der Waals surface area contributed by atoms with Gasteiger partial charge < -0.3 is 4.90 Å². The highest BCUT2D eigenvalue weighted by Gasteiger charge is 2.31. The average Bonchev–Trinajstić information content (AvgIpc) is 2.81. The van der Waals surface area contributed by atoms with Crippen LogP contribution in [-0.4, -0.2) is 26.6 Å². The third kappa shape index (κ3) is 2.86. The van der Waals surface area contributed by atoms with E-state index in [9.17, 15) is 13.2 Å². The van der Waals surface area contributed by atoms with Gasteiger partial charge in [0.05, 0.1) is 9.92 Å². The summed E-state index contributed by atoms with van der Waals surface area (Å²) < 4.78 is 23.6. The molecule has 0 N–H and O–H groups in total. The monoisotopic (exact) mass is 349 g/mol. The third-order valence-electron chi connectivity index (χ3n) is 4.00. The molecule has 1 aliphatic rings. The number of carbonyl (C=O) groups excluding carboxylic acids is 1. The molecule has 0 aliphatic carbocycles. The summed E-state index contributed by atoms with van der Waals surface area (Å²) in [6, 6.07) is 12.1. The molecule has 2 aromatic carbocycles.